The molecule has 0 spiro atoms. The van der Waals surface area contributed by atoms with Crippen LogP contribution in [0.25, 0.3) is 0 Å². The van der Waals surface area contributed by atoms with Crippen LogP contribution in [0, 0.1) is 0 Å². The number of sulfonamides is 1. The Balaban J connectivity index is 2.85. The van der Waals surface area contributed by atoms with Crippen LogP contribution < -0.4 is 4.72 Å². The van der Waals surface area contributed by atoms with Crippen molar-refractivity contribution in [2.45, 2.75) is 0 Å². The molecule has 0 fully saturated rings. The van der Waals surface area contributed by atoms with Crippen LogP contribution in [0.15, 0.2) is 12.4 Å². The molecule has 1 heterocycles. The molecule has 0 aliphatic rings. The molecule has 1 rings (SSSR count). The van der Waals surface area contributed by atoms with Crippen LogP contribution in [0.5, 0.6) is 0 Å². The smallest absolute Gasteiger partial charge is 0.248 e. The highest BCUT2D eigenvalue weighted by Gasteiger charge is 2.18. The highest BCUT2D eigenvalue weighted by Crippen LogP contribution is 2.07. The standard InChI is InChI=1S/C6H8ClN3O4S2/c1-15(11,12)4-16(13,14)10-6-3-8-5(7)2-9-6/h2-3H,4H2,1H3,(H,9,10). The molecule has 0 aromatic carbocycles. The molecule has 0 atom stereocenters. The summed E-state index contributed by atoms with van der Waals surface area (Å²) in [6, 6.07) is 0. The largest absolute Gasteiger partial charge is 0.265 e. The van der Waals surface area contributed by atoms with Crippen LogP contribution >= 0.6 is 11.6 Å². The van der Waals surface area contributed by atoms with Gasteiger partial charge in [0.05, 0.1) is 12.4 Å². The average Bonchev–Trinajstić information content (AvgIpc) is 2.04. The van der Waals surface area contributed by atoms with Gasteiger partial charge in [0.2, 0.25) is 10.0 Å². The first-order valence-corrected chi connectivity index (χ1v) is 7.93. The molecule has 0 bridgehead atoms. The average molecular weight is 286 g/mol. The van der Waals surface area contributed by atoms with Gasteiger partial charge in [-0.05, 0) is 0 Å². The maximum atomic E-state index is 11.3. The summed E-state index contributed by atoms with van der Waals surface area (Å²) in [5, 5.41) is -0.907. The van der Waals surface area contributed by atoms with E-state index in [1.807, 2.05) is 4.72 Å². The first-order chi connectivity index (χ1) is 7.18. The van der Waals surface area contributed by atoms with Crippen molar-refractivity contribution in [1.29, 1.82) is 0 Å². The molecule has 0 aliphatic heterocycles. The summed E-state index contributed by atoms with van der Waals surface area (Å²) in [4.78, 5) is 7.20. The van der Waals surface area contributed by atoms with E-state index in [2.05, 4.69) is 9.97 Å². The lowest BCUT2D eigenvalue weighted by atomic mass is 10.7. The number of nitrogens with one attached hydrogen (secondary N) is 1. The van der Waals surface area contributed by atoms with E-state index in [4.69, 9.17) is 11.6 Å². The maximum Gasteiger partial charge on any atom is 0.248 e. The molecule has 0 aliphatic carbocycles. The van der Waals surface area contributed by atoms with Crippen molar-refractivity contribution in [2.24, 2.45) is 0 Å². The molecule has 0 saturated carbocycles. The molecule has 0 radical (unpaired) electrons. The fourth-order valence-electron chi connectivity index (χ4n) is 0.836. The van der Waals surface area contributed by atoms with Gasteiger partial charge in [-0.2, -0.15) is 0 Å². The zero-order valence-electron chi connectivity index (χ0n) is 8.08. The van der Waals surface area contributed by atoms with E-state index in [0.29, 0.717) is 0 Å². The monoisotopic (exact) mass is 285 g/mol. The van der Waals surface area contributed by atoms with E-state index in [1.165, 1.54) is 0 Å². The normalized spacial score (nSPS) is 12.4. The topological polar surface area (TPSA) is 106 Å². The van der Waals surface area contributed by atoms with Crippen molar-refractivity contribution in [3.05, 3.63) is 17.5 Å². The van der Waals surface area contributed by atoms with E-state index in [1.54, 1.807) is 0 Å². The molecule has 0 unspecified atom stereocenters. The molecule has 0 amide bonds. The number of rotatable bonds is 4. The van der Waals surface area contributed by atoms with Gasteiger partial charge >= 0.3 is 0 Å². The summed E-state index contributed by atoms with van der Waals surface area (Å²) in [6.45, 7) is 0. The Bertz CT molecular complexity index is 566. The van der Waals surface area contributed by atoms with Gasteiger partial charge in [-0.1, -0.05) is 11.6 Å². The van der Waals surface area contributed by atoms with E-state index < -0.39 is 24.9 Å². The summed E-state index contributed by atoms with van der Waals surface area (Å²) >= 11 is 5.44. The van der Waals surface area contributed by atoms with Crippen molar-refractivity contribution in [2.75, 3.05) is 16.1 Å². The SMILES string of the molecule is CS(=O)(=O)CS(=O)(=O)Nc1cnc(Cl)cn1. The van der Waals surface area contributed by atoms with Gasteiger partial charge in [-0.25, -0.2) is 26.8 Å². The Labute approximate surface area is 97.8 Å². The van der Waals surface area contributed by atoms with Crippen LogP contribution in [0.2, 0.25) is 5.15 Å². The lowest BCUT2D eigenvalue weighted by molar-refractivity contribution is 0.594. The summed E-state index contributed by atoms with van der Waals surface area (Å²) in [7, 11) is -7.62. The predicted molar refractivity (Wildman–Crippen MR) is 59.3 cm³/mol. The fourth-order valence-corrected chi connectivity index (χ4v) is 3.85. The highest BCUT2D eigenvalue weighted by molar-refractivity contribution is 8.08. The lowest BCUT2D eigenvalue weighted by Crippen LogP contribution is -2.22. The Kier molecular flexibility index (Phi) is 3.71. The lowest BCUT2D eigenvalue weighted by Gasteiger charge is -2.05. The highest BCUT2D eigenvalue weighted by atomic mass is 35.5. The minimum Gasteiger partial charge on any atom is -0.265 e. The Morgan fingerprint density at radius 2 is 1.88 bits per heavy atom. The van der Waals surface area contributed by atoms with Gasteiger partial charge in [0.1, 0.15) is 5.15 Å². The fraction of sp³-hybridized carbons (Fsp3) is 0.333. The van der Waals surface area contributed by atoms with Crippen LogP contribution in [0.3, 0.4) is 0 Å². The number of aromatic nitrogens is 2. The third-order valence-corrected chi connectivity index (χ3v) is 4.92. The van der Waals surface area contributed by atoms with Crippen molar-refractivity contribution in [3.63, 3.8) is 0 Å². The summed E-state index contributed by atoms with van der Waals surface area (Å²) in [5.41, 5.74) is 0. The minimum atomic E-state index is -3.99. The number of nitrogens with zero attached hydrogens (tertiary/aromatic N) is 2. The Morgan fingerprint density at radius 3 is 2.31 bits per heavy atom. The van der Waals surface area contributed by atoms with Gasteiger partial charge in [-0.15, -0.1) is 0 Å². The number of hydrogen-bond acceptors (Lipinski definition) is 6. The second kappa shape index (κ2) is 4.52. The molecule has 90 valence electrons. The van der Waals surface area contributed by atoms with Crippen LogP contribution in [-0.2, 0) is 19.9 Å². The van der Waals surface area contributed by atoms with Gasteiger partial charge in [0, 0.05) is 6.26 Å². The zero-order chi connectivity index (χ0) is 12.4. The van der Waals surface area contributed by atoms with Crippen LogP contribution in [0.1, 0.15) is 0 Å². The van der Waals surface area contributed by atoms with E-state index >= 15 is 0 Å². The number of hydrogen-bond donors (Lipinski definition) is 1. The number of anilines is 1. The molecule has 16 heavy (non-hydrogen) atoms. The number of sulfone groups is 1. The minimum absolute atomic E-state index is 0.0898. The quantitative estimate of drug-likeness (QED) is 0.826. The molecule has 1 N–H and O–H groups in total. The third-order valence-electron chi connectivity index (χ3n) is 1.25. The molecule has 0 saturated heterocycles. The van der Waals surface area contributed by atoms with Crippen LogP contribution in [-0.4, -0.2) is 38.1 Å². The Morgan fingerprint density at radius 1 is 1.25 bits per heavy atom. The van der Waals surface area contributed by atoms with E-state index in [0.717, 1.165) is 18.6 Å². The predicted octanol–water partition coefficient (Wildman–Crippen LogP) is -0.126. The Hall–Kier alpha value is -0.930. The molecule has 1 aromatic rings. The molecule has 7 nitrogen and oxygen atoms in total. The second-order valence-electron chi connectivity index (χ2n) is 2.98. The summed E-state index contributed by atoms with van der Waals surface area (Å²) in [5.74, 6) is -0.0898. The van der Waals surface area contributed by atoms with Gasteiger partial charge in [-0.3, -0.25) is 4.72 Å². The second-order valence-corrected chi connectivity index (χ2v) is 7.60. The molecular formula is C6H8ClN3O4S2. The molecule has 1 aromatic heterocycles. The number of halogens is 1. The molecule has 10 heteroatoms. The van der Waals surface area contributed by atoms with Gasteiger partial charge in [0.25, 0.3) is 0 Å². The van der Waals surface area contributed by atoms with Crippen molar-refractivity contribution >= 4 is 37.3 Å². The maximum absolute atomic E-state index is 11.3. The first kappa shape index (κ1) is 13.1. The van der Waals surface area contributed by atoms with Crippen molar-refractivity contribution < 1.29 is 16.8 Å². The summed E-state index contributed by atoms with van der Waals surface area (Å²) < 4.78 is 46.2. The van der Waals surface area contributed by atoms with E-state index in [-0.39, 0.29) is 11.0 Å². The zero-order valence-corrected chi connectivity index (χ0v) is 10.5. The van der Waals surface area contributed by atoms with Crippen LogP contribution in [0.4, 0.5) is 5.82 Å². The van der Waals surface area contributed by atoms with Crippen molar-refractivity contribution in [1.82, 2.24) is 9.97 Å². The van der Waals surface area contributed by atoms with Gasteiger partial charge in [0.15, 0.2) is 20.7 Å². The first-order valence-electron chi connectivity index (χ1n) is 3.84. The molecular weight excluding hydrogens is 278 g/mol. The van der Waals surface area contributed by atoms with Gasteiger partial charge < -0.3 is 0 Å². The van der Waals surface area contributed by atoms with Crippen molar-refractivity contribution in [3.8, 4) is 0 Å². The summed E-state index contributed by atoms with van der Waals surface area (Å²) in [6.07, 6.45) is 3.04. The van der Waals surface area contributed by atoms with E-state index in [9.17, 15) is 16.8 Å². The third kappa shape index (κ3) is 4.73.